The quantitative estimate of drug-likeness (QED) is 0.357. The molecule has 0 spiro atoms. The SMILES string of the molecule is OCC=CCO.[CaH2]. The molecule has 0 saturated heterocycles. The number of aliphatic hydroxyl groups excluding tert-OH is 2. The third-order valence-corrected chi connectivity index (χ3v) is 0.377. The van der Waals surface area contributed by atoms with Crippen molar-refractivity contribution < 1.29 is 10.2 Å². The predicted molar refractivity (Wildman–Crippen MR) is 31.9 cm³/mol. The molecular weight excluding hydrogens is 120 g/mol. The van der Waals surface area contributed by atoms with E-state index in [-0.39, 0.29) is 51.0 Å². The Balaban J connectivity index is 0. The fourth-order valence-electron chi connectivity index (χ4n) is 0.149. The van der Waals surface area contributed by atoms with Crippen LogP contribution in [0, 0.1) is 0 Å². The van der Waals surface area contributed by atoms with Crippen LogP contribution >= 0.6 is 0 Å². The molecule has 0 fully saturated rings. The molecule has 0 bridgehead atoms. The van der Waals surface area contributed by atoms with Gasteiger partial charge in [0.05, 0.1) is 13.2 Å². The van der Waals surface area contributed by atoms with Gasteiger partial charge in [-0.05, 0) is 0 Å². The minimum absolute atomic E-state index is 0. The van der Waals surface area contributed by atoms with Crippen molar-refractivity contribution in [3.8, 4) is 0 Å². The number of rotatable bonds is 2. The van der Waals surface area contributed by atoms with Gasteiger partial charge in [0.1, 0.15) is 0 Å². The van der Waals surface area contributed by atoms with Crippen molar-refractivity contribution in [1.29, 1.82) is 0 Å². The summed E-state index contributed by atoms with van der Waals surface area (Å²) in [6, 6.07) is 0. The molecule has 0 aromatic heterocycles. The first kappa shape index (κ1) is 10.8. The normalized spacial score (nSPS) is 8.86. The summed E-state index contributed by atoms with van der Waals surface area (Å²) in [6.45, 7) is 0.0289. The molecule has 0 aromatic rings. The first-order chi connectivity index (χ1) is 2.91. The van der Waals surface area contributed by atoms with Crippen molar-refractivity contribution in [3.05, 3.63) is 12.2 Å². The Labute approximate surface area is 72.8 Å². The summed E-state index contributed by atoms with van der Waals surface area (Å²) in [4.78, 5) is 0. The average Bonchev–Trinajstić information content (AvgIpc) is 1.61. The second-order valence-electron chi connectivity index (χ2n) is 0.837. The van der Waals surface area contributed by atoms with Crippen molar-refractivity contribution in [2.24, 2.45) is 0 Å². The standard InChI is InChI=1S/C4H8O2.Ca.2H/c5-3-1-2-4-6;;;/h1-2,5-6H,3-4H2;;;. The van der Waals surface area contributed by atoms with E-state index >= 15 is 0 Å². The summed E-state index contributed by atoms with van der Waals surface area (Å²) in [6.07, 6.45) is 2.97. The van der Waals surface area contributed by atoms with Crippen LogP contribution in [0.1, 0.15) is 0 Å². The average molecular weight is 130 g/mol. The Hall–Kier alpha value is 0.920. The van der Waals surface area contributed by atoms with Gasteiger partial charge in [-0.2, -0.15) is 0 Å². The van der Waals surface area contributed by atoms with Gasteiger partial charge in [-0.3, -0.25) is 0 Å². The second kappa shape index (κ2) is 10.0. The van der Waals surface area contributed by atoms with Crippen LogP contribution in [0.3, 0.4) is 0 Å². The van der Waals surface area contributed by atoms with Crippen LogP contribution in [0.2, 0.25) is 0 Å². The Kier molecular flexibility index (Phi) is 15.5. The number of aliphatic hydroxyl groups is 2. The predicted octanol–water partition coefficient (Wildman–Crippen LogP) is -1.39. The molecule has 0 aliphatic rings. The van der Waals surface area contributed by atoms with Gasteiger partial charge in [-0.25, -0.2) is 0 Å². The van der Waals surface area contributed by atoms with Gasteiger partial charge < -0.3 is 10.2 Å². The molecule has 0 radical (unpaired) electrons. The van der Waals surface area contributed by atoms with Crippen LogP contribution in [0.4, 0.5) is 0 Å². The van der Waals surface area contributed by atoms with Gasteiger partial charge in [-0.15, -0.1) is 0 Å². The Morgan fingerprint density at radius 1 is 1.00 bits per heavy atom. The van der Waals surface area contributed by atoms with Crippen LogP contribution in [-0.4, -0.2) is 61.2 Å². The van der Waals surface area contributed by atoms with Crippen molar-refractivity contribution >= 4 is 37.7 Å². The minimum atomic E-state index is 0. The van der Waals surface area contributed by atoms with Crippen molar-refractivity contribution in [1.82, 2.24) is 0 Å². The maximum atomic E-state index is 8.00. The molecule has 0 aromatic carbocycles. The van der Waals surface area contributed by atoms with E-state index in [0.29, 0.717) is 0 Å². The molecule has 0 aliphatic heterocycles. The third-order valence-electron chi connectivity index (χ3n) is 0.377. The first-order valence-corrected chi connectivity index (χ1v) is 1.78. The van der Waals surface area contributed by atoms with Gasteiger partial charge >= 0.3 is 37.7 Å². The molecule has 0 unspecified atom stereocenters. The molecule has 7 heavy (non-hydrogen) atoms. The fourth-order valence-corrected chi connectivity index (χ4v) is 0.149. The van der Waals surface area contributed by atoms with E-state index in [0.717, 1.165) is 0 Å². The second-order valence-corrected chi connectivity index (χ2v) is 0.837. The van der Waals surface area contributed by atoms with E-state index in [1.54, 1.807) is 0 Å². The molecule has 2 nitrogen and oxygen atoms in total. The van der Waals surface area contributed by atoms with E-state index in [4.69, 9.17) is 10.2 Å². The summed E-state index contributed by atoms with van der Waals surface area (Å²) < 4.78 is 0. The van der Waals surface area contributed by atoms with Crippen molar-refractivity contribution in [2.75, 3.05) is 13.2 Å². The molecule has 40 valence electrons. The van der Waals surface area contributed by atoms with E-state index in [2.05, 4.69) is 0 Å². The maximum absolute atomic E-state index is 8.00. The van der Waals surface area contributed by atoms with Gasteiger partial charge in [-0.1, -0.05) is 12.2 Å². The molecule has 0 saturated carbocycles. The third kappa shape index (κ3) is 10.9. The monoisotopic (exact) mass is 130 g/mol. The fraction of sp³-hybridized carbons (Fsp3) is 0.500. The van der Waals surface area contributed by atoms with Crippen LogP contribution in [-0.2, 0) is 0 Å². The number of hydrogen-bond donors (Lipinski definition) is 2. The molecule has 0 rings (SSSR count). The van der Waals surface area contributed by atoms with Gasteiger partial charge in [0.2, 0.25) is 0 Å². The van der Waals surface area contributed by atoms with Gasteiger partial charge in [0, 0.05) is 0 Å². The van der Waals surface area contributed by atoms with Crippen LogP contribution in [0.25, 0.3) is 0 Å². The van der Waals surface area contributed by atoms with Gasteiger partial charge in [0.15, 0.2) is 0 Å². The zero-order valence-corrected chi connectivity index (χ0v) is 3.46. The van der Waals surface area contributed by atoms with E-state index in [1.165, 1.54) is 12.2 Å². The van der Waals surface area contributed by atoms with Gasteiger partial charge in [0.25, 0.3) is 0 Å². The van der Waals surface area contributed by atoms with E-state index < -0.39 is 0 Å². The zero-order chi connectivity index (χ0) is 4.83. The summed E-state index contributed by atoms with van der Waals surface area (Å²) in [7, 11) is 0. The molecule has 0 aliphatic carbocycles. The summed E-state index contributed by atoms with van der Waals surface area (Å²) in [5.74, 6) is 0. The molecule has 0 atom stereocenters. The molecular formula is C4H10CaO2. The number of hydrogen-bond acceptors (Lipinski definition) is 2. The topological polar surface area (TPSA) is 40.5 Å². The summed E-state index contributed by atoms with van der Waals surface area (Å²) in [5, 5.41) is 16.0. The molecule has 0 amide bonds. The Morgan fingerprint density at radius 2 is 1.29 bits per heavy atom. The van der Waals surface area contributed by atoms with E-state index in [1.807, 2.05) is 0 Å². The van der Waals surface area contributed by atoms with Crippen LogP contribution in [0.5, 0.6) is 0 Å². The van der Waals surface area contributed by atoms with Crippen molar-refractivity contribution in [3.63, 3.8) is 0 Å². The Morgan fingerprint density at radius 3 is 1.43 bits per heavy atom. The zero-order valence-electron chi connectivity index (χ0n) is 3.46. The summed E-state index contributed by atoms with van der Waals surface area (Å²) >= 11 is 0. The Bertz CT molecular complexity index is 39.0. The summed E-state index contributed by atoms with van der Waals surface area (Å²) in [5.41, 5.74) is 0. The molecule has 2 N–H and O–H groups in total. The van der Waals surface area contributed by atoms with Crippen LogP contribution in [0.15, 0.2) is 12.2 Å². The van der Waals surface area contributed by atoms with Crippen molar-refractivity contribution in [2.45, 2.75) is 0 Å². The molecule has 0 heterocycles. The first-order valence-electron chi connectivity index (χ1n) is 1.78. The van der Waals surface area contributed by atoms with E-state index in [9.17, 15) is 0 Å². The van der Waals surface area contributed by atoms with Crippen LogP contribution < -0.4 is 0 Å². The molecule has 3 heteroatoms.